The van der Waals surface area contributed by atoms with Crippen molar-refractivity contribution in [2.24, 2.45) is 28.6 Å². The Labute approximate surface area is 134 Å². The smallest absolute Gasteiger partial charge is 0.139 e. The van der Waals surface area contributed by atoms with Crippen LogP contribution in [0.2, 0.25) is 0 Å². The fourth-order valence-electron chi connectivity index (χ4n) is 6.48. The van der Waals surface area contributed by atoms with Gasteiger partial charge in [0.1, 0.15) is 5.78 Å². The molecule has 0 spiro atoms. The van der Waals surface area contributed by atoms with Crippen LogP contribution in [0.3, 0.4) is 0 Å². The minimum Gasteiger partial charge on any atom is -0.299 e. The predicted octanol–water partition coefficient (Wildman–Crippen LogP) is 4.82. The Morgan fingerprint density at radius 1 is 1.00 bits per heavy atom. The van der Waals surface area contributed by atoms with E-state index in [1.165, 1.54) is 38.5 Å². The Morgan fingerprint density at radius 3 is 2.52 bits per heavy atom. The number of carbonyl (C=O) groups excluding carboxylic acids is 1. The Bertz CT molecular complexity index is 510. The zero-order valence-corrected chi connectivity index (χ0v) is 14.3. The zero-order chi connectivity index (χ0) is 14.8. The van der Waals surface area contributed by atoms with Crippen molar-refractivity contribution < 1.29 is 4.79 Å². The lowest BCUT2D eigenvalue weighted by Gasteiger charge is -2.57. The Kier molecular flexibility index (Phi) is 3.17. The van der Waals surface area contributed by atoms with Crippen molar-refractivity contribution in [2.75, 3.05) is 0 Å². The SMILES string of the molecule is C[C@]12CC[C@H](S)C=C1CC[C@@H]1[C@@H]2CC[C@]2(C)C(=O)CC[C@@H]12. The second kappa shape index (κ2) is 4.63. The van der Waals surface area contributed by atoms with E-state index >= 15 is 0 Å². The Hall–Kier alpha value is -0.240. The highest BCUT2D eigenvalue weighted by Crippen LogP contribution is 2.64. The van der Waals surface area contributed by atoms with Gasteiger partial charge in [-0.1, -0.05) is 25.5 Å². The molecule has 0 amide bonds. The number of fused-ring (bicyclic) bond motifs is 5. The summed E-state index contributed by atoms with van der Waals surface area (Å²) in [6.07, 6.45) is 12.0. The van der Waals surface area contributed by atoms with Crippen LogP contribution < -0.4 is 0 Å². The molecule has 21 heavy (non-hydrogen) atoms. The summed E-state index contributed by atoms with van der Waals surface area (Å²) < 4.78 is 0. The van der Waals surface area contributed by atoms with Crippen molar-refractivity contribution in [2.45, 2.75) is 70.5 Å². The fraction of sp³-hybridized carbons (Fsp3) is 0.842. The molecule has 3 fully saturated rings. The third kappa shape index (κ3) is 1.87. The van der Waals surface area contributed by atoms with Gasteiger partial charge in [-0.15, -0.1) is 0 Å². The van der Waals surface area contributed by atoms with E-state index in [1.807, 2.05) is 0 Å². The summed E-state index contributed by atoms with van der Waals surface area (Å²) in [5.41, 5.74) is 2.14. The van der Waals surface area contributed by atoms with E-state index in [4.69, 9.17) is 12.6 Å². The van der Waals surface area contributed by atoms with Crippen molar-refractivity contribution in [1.29, 1.82) is 0 Å². The van der Waals surface area contributed by atoms with Crippen molar-refractivity contribution >= 4 is 18.4 Å². The summed E-state index contributed by atoms with van der Waals surface area (Å²) in [4.78, 5) is 12.4. The summed E-state index contributed by atoms with van der Waals surface area (Å²) in [5, 5.41) is 0.478. The first-order valence-electron chi connectivity index (χ1n) is 8.88. The molecule has 0 bridgehead atoms. The molecule has 0 saturated heterocycles. The van der Waals surface area contributed by atoms with Gasteiger partial charge >= 0.3 is 0 Å². The molecular weight excluding hydrogens is 276 g/mol. The van der Waals surface area contributed by atoms with Crippen molar-refractivity contribution in [3.05, 3.63) is 11.6 Å². The first kappa shape index (κ1) is 14.4. The summed E-state index contributed by atoms with van der Waals surface area (Å²) in [5.74, 6) is 2.86. The van der Waals surface area contributed by atoms with E-state index in [-0.39, 0.29) is 5.41 Å². The topological polar surface area (TPSA) is 17.1 Å². The number of rotatable bonds is 0. The lowest BCUT2D eigenvalue weighted by Crippen LogP contribution is -2.50. The largest absolute Gasteiger partial charge is 0.299 e. The van der Waals surface area contributed by atoms with Gasteiger partial charge in [-0.2, -0.15) is 12.6 Å². The van der Waals surface area contributed by atoms with Crippen LogP contribution in [0.4, 0.5) is 0 Å². The monoisotopic (exact) mass is 304 g/mol. The molecule has 0 aliphatic heterocycles. The highest BCUT2D eigenvalue weighted by molar-refractivity contribution is 7.81. The van der Waals surface area contributed by atoms with Crippen LogP contribution in [-0.4, -0.2) is 11.0 Å². The summed E-state index contributed by atoms with van der Waals surface area (Å²) in [6, 6.07) is 0. The van der Waals surface area contributed by atoms with Crippen LogP contribution in [0.25, 0.3) is 0 Å². The molecule has 4 aliphatic carbocycles. The van der Waals surface area contributed by atoms with Gasteiger partial charge in [-0.25, -0.2) is 0 Å². The minimum absolute atomic E-state index is 0.0273. The van der Waals surface area contributed by atoms with Crippen molar-refractivity contribution in [1.82, 2.24) is 0 Å². The lowest BCUT2D eigenvalue weighted by molar-refractivity contribution is -0.132. The predicted molar refractivity (Wildman–Crippen MR) is 89.5 cm³/mol. The summed E-state index contributed by atoms with van der Waals surface area (Å²) >= 11 is 4.70. The van der Waals surface area contributed by atoms with Crippen LogP contribution in [0.5, 0.6) is 0 Å². The molecule has 2 heteroatoms. The van der Waals surface area contributed by atoms with E-state index < -0.39 is 0 Å². The molecule has 0 heterocycles. The highest BCUT2D eigenvalue weighted by Gasteiger charge is 2.58. The normalized spacial score (nSPS) is 52.7. The average molecular weight is 304 g/mol. The molecule has 0 aromatic rings. The van der Waals surface area contributed by atoms with Crippen molar-refractivity contribution in [3.8, 4) is 0 Å². The van der Waals surface area contributed by atoms with E-state index in [9.17, 15) is 4.79 Å². The van der Waals surface area contributed by atoms with Gasteiger partial charge in [-0.3, -0.25) is 4.79 Å². The third-order valence-corrected chi connectivity index (χ3v) is 8.21. The standard InChI is InChI=1S/C19H28OS/c1-18-9-7-13(21)11-12(18)3-4-14-15-5-6-17(20)19(15,2)10-8-16(14)18/h11,13-16,21H,3-10H2,1-2H3/t13-,14-,15-,16-,18-,19-/m0/s1. The maximum absolute atomic E-state index is 12.4. The van der Waals surface area contributed by atoms with Crippen LogP contribution in [0, 0.1) is 28.6 Å². The van der Waals surface area contributed by atoms with E-state index in [0.717, 1.165) is 24.7 Å². The molecular formula is C19H28OS. The number of Topliss-reactive ketones (excluding diaryl/α,β-unsaturated/α-hetero) is 1. The lowest BCUT2D eigenvalue weighted by atomic mass is 9.47. The summed E-state index contributed by atoms with van der Waals surface area (Å²) in [7, 11) is 0. The molecule has 0 aromatic carbocycles. The van der Waals surface area contributed by atoms with Gasteiger partial charge < -0.3 is 0 Å². The molecule has 6 atom stereocenters. The molecule has 116 valence electrons. The van der Waals surface area contributed by atoms with Gasteiger partial charge in [0.25, 0.3) is 0 Å². The minimum atomic E-state index is 0.0273. The molecule has 1 nitrogen and oxygen atoms in total. The molecule has 4 rings (SSSR count). The first-order chi connectivity index (χ1) is 9.95. The van der Waals surface area contributed by atoms with E-state index in [0.29, 0.717) is 22.4 Å². The molecule has 0 unspecified atom stereocenters. The number of hydrogen-bond donors (Lipinski definition) is 1. The van der Waals surface area contributed by atoms with Crippen LogP contribution in [0.1, 0.15) is 65.2 Å². The highest BCUT2D eigenvalue weighted by atomic mass is 32.1. The molecule has 0 N–H and O–H groups in total. The van der Waals surface area contributed by atoms with Gasteiger partial charge in [0, 0.05) is 17.1 Å². The second-order valence-electron chi connectivity index (χ2n) is 8.55. The Balaban J connectivity index is 1.69. The van der Waals surface area contributed by atoms with Crippen molar-refractivity contribution in [3.63, 3.8) is 0 Å². The number of carbonyl (C=O) groups is 1. The molecule has 3 saturated carbocycles. The van der Waals surface area contributed by atoms with E-state index in [2.05, 4.69) is 19.9 Å². The zero-order valence-electron chi connectivity index (χ0n) is 13.4. The van der Waals surface area contributed by atoms with Crippen LogP contribution in [-0.2, 0) is 4.79 Å². The molecule has 4 aliphatic rings. The average Bonchev–Trinajstić information content (AvgIpc) is 2.76. The van der Waals surface area contributed by atoms with Gasteiger partial charge in [-0.05, 0) is 68.1 Å². The number of hydrogen-bond acceptors (Lipinski definition) is 2. The second-order valence-corrected chi connectivity index (χ2v) is 9.21. The molecule has 0 aromatic heterocycles. The Morgan fingerprint density at radius 2 is 1.71 bits per heavy atom. The maximum Gasteiger partial charge on any atom is 0.139 e. The van der Waals surface area contributed by atoms with Crippen LogP contribution >= 0.6 is 12.6 Å². The number of thiol groups is 1. The van der Waals surface area contributed by atoms with Gasteiger partial charge in [0.15, 0.2) is 0 Å². The molecule has 0 radical (unpaired) electrons. The van der Waals surface area contributed by atoms with Gasteiger partial charge in [0.05, 0.1) is 0 Å². The maximum atomic E-state index is 12.4. The van der Waals surface area contributed by atoms with Gasteiger partial charge in [0.2, 0.25) is 0 Å². The quantitative estimate of drug-likeness (QED) is 0.502. The van der Waals surface area contributed by atoms with Crippen LogP contribution in [0.15, 0.2) is 11.6 Å². The summed E-state index contributed by atoms with van der Waals surface area (Å²) in [6.45, 7) is 4.80. The first-order valence-corrected chi connectivity index (χ1v) is 9.39. The number of ketones is 1. The van der Waals surface area contributed by atoms with E-state index in [1.54, 1.807) is 5.57 Å². The number of allylic oxidation sites excluding steroid dienone is 1. The fourth-order valence-corrected chi connectivity index (χ4v) is 6.79. The third-order valence-electron chi connectivity index (χ3n) is 7.80.